The summed E-state index contributed by atoms with van der Waals surface area (Å²) in [7, 11) is 0. The summed E-state index contributed by atoms with van der Waals surface area (Å²) >= 11 is 5.90. The van der Waals surface area contributed by atoms with Crippen molar-refractivity contribution in [2.24, 2.45) is 0 Å². The molecule has 1 heterocycles. The third kappa shape index (κ3) is 3.89. The SMILES string of the molecule is CCCC(=O)Nc1ncccc1C(=O)c1cccc(Cl)c1. The number of carbonyl (C=O) groups excluding carboxylic acids is 2. The highest BCUT2D eigenvalue weighted by Gasteiger charge is 2.16. The van der Waals surface area contributed by atoms with E-state index < -0.39 is 0 Å². The van der Waals surface area contributed by atoms with E-state index >= 15 is 0 Å². The molecule has 5 heteroatoms. The van der Waals surface area contributed by atoms with Gasteiger partial charge in [0.1, 0.15) is 5.82 Å². The van der Waals surface area contributed by atoms with E-state index in [1.807, 2.05) is 6.92 Å². The fourth-order valence-corrected chi connectivity index (χ4v) is 2.09. The standard InChI is InChI=1S/C16H15ClN2O2/c1-2-5-14(20)19-16-13(8-4-9-18-16)15(21)11-6-3-7-12(17)10-11/h3-4,6-10H,2,5H2,1H3,(H,18,19,20). The summed E-state index contributed by atoms with van der Waals surface area (Å²) in [6, 6.07) is 9.98. The van der Waals surface area contributed by atoms with Gasteiger partial charge in [0, 0.05) is 23.2 Å². The van der Waals surface area contributed by atoms with Crippen LogP contribution in [0.2, 0.25) is 5.02 Å². The quantitative estimate of drug-likeness (QED) is 0.857. The molecule has 0 aliphatic rings. The number of benzene rings is 1. The van der Waals surface area contributed by atoms with Crippen LogP contribution in [0, 0.1) is 0 Å². The molecule has 0 atom stereocenters. The van der Waals surface area contributed by atoms with Gasteiger partial charge in [0.25, 0.3) is 0 Å². The smallest absolute Gasteiger partial charge is 0.225 e. The number of carbonyl (C=O) groups is 2. The van der Waals surface area contributed by atoms with Crippen LogP contribution >= 0.6 is 11.6 Å². The van der Waals surface area contributed by atoms with E-state index in [9.17, 15) is 9.59 Å². The van der Waals surface area contributed by atoms with E-state index in [4.69, 9.17) is 11.6 Å². The fourth-order valence-electron chi connectivity index (χ4n) is 1.89. The fraction of sp³-hybridized carbons (Fsp3) is 0.188. The third-order valence-corrected chi connectivity index (χ3v) is 3.11. The molecular weight excluding hydrogens is 288 g/mol. The molecule has 1 amide bonds. The molecule has 108 valence electrons. The summed E-state index contributed by atoms with van der Waals surface area (Å²) in [4.78, 5) is 28.3. The zero-order valence-corrected chi connectivity index (χ0v) is 12.4. The molecule has 1 aromatic carbocycles. The number of hydrogen-bond donors (Lipinski definition) is 1. The molecule has 0 spiro atoms. The van der Waals surface area contributed by atoms with E-state index in [-0.39, 0.29) is 17.5 Å². The molecule has 2 rings (SSSR count). The van der Waals surface area contributed by atoms with Crippen LogP contribution in [0.25, 0.3) is 0 Å². The molecule has 4 nitrogen and oxygen atoms in total. The van der Waals surface area contributed by atoms with Gasteiger partial charge in [0.05, 0.1) is 5.56 Å². The summed E-state index contributed by atoms with van der Waals surface area (Å²) in [5.41, 5.74) is 0.811. The first-order chi connectivity index (χ1) is 10.1. The maximum atomic E-state index is 12.5. The Morgan fingerprint density at radius 2 is 2.05 bits per heavy atom. The first-order valence-electron chi connectivity index (χ1n) is 6.67. The minimum atomic E-state index is -0.225. The van der Waals surface area contributed by atoms with Crippen molar-refractivity contribution in [3.63, 3.8) is 0 Å². The summed E-state index contributed by atoms with van der Waals surface area (Å²) in [6.07, 6.45) is 2.66. The Morgan fingerprint density at radius 1 is 1.24 bits per heavy atom. The van der Waals surface area contributed by atoms with Crippen LogP contribution in [0.4, 0.5) is 5.82 Å². The molecule has 0 radical (unpaired) electrons. The molecule has 0 saturated carbocycles. The van der Waals surface area contributed by atoms with Crippen molar-refractivity contribution < 1.29 is 9.59 Å². The second kappa shape index (κ2) is 6.99. The molecule has 2 aromatic rings. The number of nitrogens with zero attached hydrogens (tertiary/aromatic N) is 1. The second-order valence-electron chi connectivity index (χ2n) is 4.54. The van der Waals surface area contributed by atoms with Crippen LogP contribution in [0.15, 0.2) is 42.6 Å². The van der Waals surface area contributed by atoms with E-state index in [2.05, 4.69) is 10.3 Å². The Hall–Kier alpha value is -2.20. The number of halogens is 1. The van der Waals surface area contributed by atoms with Crippen molar-refractivity contribution in [3.05, 3.63) is 58.7 Å². The van der Waals surface area contributed by atoms with Gasteiger partial charge in [0.15, 0.2) is 5.78 Å². The van der Waals surface area contributed by atoms with Gasteiger partial charge in [-0.25, -0.2) is 4.98 Å². The molecule has 0 bridgehead atoms. The second-order valence-corrected chi connectivity index (χ2v) is 4.97. The van der Waals surface area contributed by atoms with Crippen molar-refractivity contribution in [1.29, 1.82) is 0 Å². The Balaban J connectivity index is 2.31. The molecule has 1 aromatic heterocycles. The van der Waals surface area contributed by atoms with Gasteiger partial charge in [-0.05, 0) is 30.7 Å². The maximum absolute atomic E-state index is 12.5. The monoisotopic (exact) mass is 302 g/mol. The number of ketones is 1. The number of nitrogens with one attached hydrogen (secondary N) is 1. The number of amides is 1. The minimum absolute atomic E-state index is 0.156. The molecule has 0 fully saturated rings. The average molecular weight is 303 g/mol. The lowest BCUT2D eigenvalue weighted by Crippen LogP contribution is -2.15. The van der Waals surface area contributed by atoms with Crippen molar-refractivity contribution in [2.75, 3.05) is 5.32 Å². The molecule has 1 N–H and O–H groups in total. The van der Waals surface area contributed by atoms with E-state index in [1.165, 1.54) is 6.20 Å². The molecule has 21 heavy (non-hydrogen) atoms. The third-order valence-electron chi connectivity index (χ3n) is 2.87. The van der Waals surface area contributed by atoms with Gasteiger partial charge in [-0.15, -0.1) is 0 Å². The average Bonchev–Trinajstić information content (AvgIpc) is 2.47. The van der Waals surface area contributed by atoms with Gasteiger partial charge in [-0.2, -0.15) is 0 Å². The number of hydrogen-bond acceptors (Lipinski definition) is 3. The molecular formula is C16H15ClN2O2. The van der Waals surface area contributed by atoms with Crippen molar-refractivity contribution in [1.82, 2.24) is 4.98 Å². The number of pyridine rings is 1. The Morgan fingerprint density at radius 3 is 2.76 bits per heavy atom. The van der Waals surface area contributed by atoms with E-state index in [0.717, 1.165) is 6.42 Å². The summed E-state index contributed by atoms with van der Waals surface area (Å²) in [6.45, 7) is 1.91. The minimum Gasteiger partial charge on any atom is -0.310 e. The molecule has 0 saturated heterocycles. The van der Waals surface area contributed by atoms with Crippen molar-refractivity contribution >= 4 is 29.1 Å². The van der Waals surface area contributed by atoms with Crippen LogP contribution in [0.5, 0.6) is 0 Å². The van der Waals surface area contributed by atoms with Gasteiger partial charge < -0.3 is 5.32 Å². The zero-order chi connectivity index (χ0) is 15.2. The lowest BCUT2D eigenvalue weighted by atomic mass is 10.0. The van der Waals surface area contributed by atoms with E-state index in [0.29, 0.717) is 22.6 Å². The highest BCUT2D eigenvalue weighted by Crippen LogP contribution is 2.19. The summed E-state index contributed by atoms with van der Waals surface area (Å²) < 4.78 is 0. The number of aromatic nitrogens is 1. The lowest BCUT2D eigenvalue weighted by Gasteiger charge is -2.09. The molecule has 0 unspecified atom stereocenters. The van der Waals surface area contributed by atoms with Gasteiger partial charge >= 0.3 is 0 Å². The Bertz CT molecular complexity index is 671. The highest BCUT2D eigenvalue weighted by molar-refractivity contribution is 6.31. The first-order valence-corrected chi connectivity index (χ1v) is 7.04. The molecule has 0 aliphatic carbocycles. The number of anilines is 1. The normalized spacial score (nSPS) is 10.2. The van der Waals surface area contributed by atoms with Gasteiger partial charge in [-0.3, -0.25) is 9.59 Å². The number of rotatable bonds is 5. The summed E-state index contributed by atoms with van der Waals surface area (Å²) in [5.74, 6) is -0.102. The zero-order valence-electron chi connectivity index (χ0n) is 11.6. The van der Waals surface area contributed by atoms with Crippen LogP contribution in [0.3, 0.4) is 0 Å². The summed E-state index contributed by atoms with van der Waals surface area (Å²) in [5, 5.41) is 3.16. The van der Waals surface area contributed by atoms with Gasteiger partial charge in [0.2, 0.25) is 5.91 Å². The highest BCUT2D eigenvalue weighted by atomic mass is 35.5. The van der Waals surface area contributed by atoms with Crippen LogP contribution in [-0.4, -0.2) is 16.7 Å². The van der Waals surface area contributed by atoms with E-state index in [1.54, 1.807) is 36.4 Å². The van der Waals surface area contributed by atoms with Crippen LogP contribution in [-0.2, 0) is 4.79 Å². The van der Waals surface area contributed by atoms with Gasteiger partial charge in [-0.1, -0.05) is 30.7 Å². The topological polar surface area (TPSA) is 59.1 Å². The maximum Gasteiger partial charge on any atom is 0.225 e. The largest absolute Gasteiger partial charge is 0.310 e. The molecule has 0 aliphatic heterocycles. The predicted octanol–water partition coefficient (Wildman–Crippen LogP) is 3.70. The van der Waals surface area contributed by atoms with Crippen molar-refractivity contribution in [3.8, 4) is 0 Å². The Kier molecular flexibility index (Phi) is 5.06. The van der Waals surface area contributed by atoms with Crippen molar-refractivity contribution in [2.45, 2.75) is 19.8 Å². The predicted molar refractivity (Wildman–Crippen MR) is 82.7 cm³/mol. The van der Waals surface area contributed by atoms with Crippen LogP contribution in [0.1, 0.15) is 35.7 Å². The first kappa shape index (κ1) is 15.2. The Labute approximate surface area is 128 Å². The lowest BCUT2D eigenvalue weighted by molar-refractivity contribution is -0.116. The van der Waals surface area contributed by atoms with Crippen LogP contribution < -0.4 is 5.32 Å².